The van der Waals surface area contributed by atoms with Gasteiger partial charge in [-0.15, -0.1) is 12.4 Å². The molecule has 0 bridgehead atoms. The van der Waals surface area contributed by atoms with Crippen LogP contribution in [0.15, 0.2) is 36.4 Å². The van der Waals surface area contributed by atoms with Gasteiger partial charge in [0.25, 0.3) is 0 Å². The van der Waals surface area contributed by atoms with E-state index in [0.717, 1.165) is 18.4 Å². The fraction of sp³-hybridized carbons (Fsp3) is 0.214. The number of hydrogen-bond acceptors (Lipinski definition) is 2. The third-order valence-electron chi connectivity index (χ3n) is 3.35. The highest BCUT2D eigenvalue weighted by Gasteiger charge is 2.25. The van der Waals surface area contributed by atoms with Crippen molar-refractivity contribution in [3.63, 3.8) is 0 Å². The summed E-state index contributed by atoms with van der Waals surface area (Å²) in [5.74, 6) is 0.0898. The SMILES string of the molecule is Cl.NC1CCc2c(ccc3ccccc23)C1=O. The van der Waals surface area contributed by atoms with Gasteiger partial charge < -0.3 is 5.73 Å². The fourth-order valence-electron chi connectivity index (χ4n) is 2.47. The Morgan fingerprint density at radius 3 is 2.71 bits per heavy atom. The number of fused-ring (bicyclic) bond motifs is 3. The third kappa shape index (κ3) is 1.84. The largest absolute Gasteiger partial charge is 0.321 e. The van der Waals surface area contributed by atoms with Crippen molar-refractivity contribution >= 4 is 29.0 Å². The van der Waals surface area contributed by atoms with Crippen molar-refractivity contribution in [2.24, 2.45) is 5.73 Å². The Kier molecular flexibility index (Phi) is 3.18. The first kappa shape index (κ1) is 12.1. The van der Waals surface area contributed by atoms with Gasteiger partial charge in [0.15, 0.2) is 5.78 Å². The van der Waals surface area contributed by atoms with E-state index in [0.29, 0.717) is 0 Å². The molecule has 2 aromatic rings. The molecule has 0 spiro atoms. The van der Waals surface area contributed by atoms with Gasteiger partial charge in [0, 0.05) is 5.56 Å². The molecule has 3 rings (SSSR count). The lowest BCUT2D eigenvalue weighted by Gasteiger charge is -2.21. The predicted molar refractivity (Wildman–Crippen MR) is 71.8 cm³/mol. The molecule has 0 radical (unpaired) electrons. The molecule has 0 heterocycles. The highest BCUT2D eigenvalue weighted by Crippen LogP contribution is 2.28. The molecule has 1 aliphatic rings. The highest BCUT2D eigenvalue weighted by molar-refractivity contribution is 6.06. The van der Waals surface area contributed by atoms with Crippen LogP contribution in [0.5, 0.6) is 0 Å². The quantitative estimate of drug-likeness (QED) is 0.778. The van der Waals surface area contributed by atoms with E-state index in [1.54, 1.807) is 0 Å². The van der Waals surface area contributed by atoms with E-state index in [-0.39, 0.29) is 24.2 Å². The number of aryl methyl sites for hydroxylation is 1. The van der Waals surface area contributed by atoms with Crippen LogP contribution in [-0.4, -0.2) is 11.8 Å². The van der Waals surface area contributed by atoms with Crippen LogP contribution in [0.1, 0.15) is 22.3 Å². The van der Waals surface area contributed by atoms with Crippen molar-refractivity contribution in [1.29, 1.82) is 0 Å². The van der Waals surface area contributed by atoms with E-state index < -0.39 is 0 Å². The Balaban J connectivity index is 0.00000108. The molecule has 2 aromatic carbocycles. The average Bonchev–Trinajstić information content (AvgIpc) is 2.33. The van der Waals surface area contributed by atoms with Gasteiger partial charge in [0.2, 0.25) is 0 Å². The number of benzene rings is 2. The second-order valence-electron chi connectivity index (χ2n) is 4.32. The first-order chi connectivity index (χ1) is 7.77. The number of Topliss-reactive ketones (excluding diaryl/α,β-unsaturated/α-hetero) is 1. The van der Waals surface area contributed by atoms with E-state index in [2.05, 4.69) is 12.1 Å². The number of hydrogen-bond donors (Lipinski definition) is 1. The number of nitrogens with two attached hydrogens (primary N) is 1. The molecule has 2 N–H and O–H groups in total. The maximum Gasteiger partial charge on any atom is 0.179 e. The molecule has 3 heteroatoms. The van der Waals surface area contributed by atoms with Gasteiger partial charge in [-0.1, -0.05) is 36.4 Å². The van der Waals surface area contributed by atoms with Crippen LogP contribution in [0, 0.1) is 0 Å². The standard InChI is InChI=1S/C14H13NO.ClH/c15-13-8-7-11-10-4-2-1-3-9(10)5-6-12(11)14(13)16;/h1-6,13H,7-8,15H2;1H. The van der Waals surface area contributed by atoms with Gasteiger partial charge in [-0.2, -0.15) is 0 Å². The van der Waals surface area contributed by atoms with E-state index in [4.69, 9.17) is 5.73 Å². The molecule has 17 heavy (non-hydrogen) atoms. The molecule has 0 fully saturated rings. The molecular formula is C14H14ClNO. The van der Waals surface area contributed by atoms with Crippen molar-refractivity contribution in [2.45, 2.75) is 18.9 Å². The Hall–Kier alpha value is -1.38. The van der Waals surface area contributed by atoms with Gasteiger partial charge in [-0.05, 0) is 29.2 Å². The summed E-state index contributed by atoms with van der Waals surface area (Å²) in [6.45, 7) is 0. The Labute approximate surface area is 106 Å². The number of rotatable bonds is 0. The third-order valence-corrected chi connectivity index (χ3v) is 3.35. The summed E-state index contributed by atoms with van der Waals surface area (Å²) in [4.78, 5) is 11.9. The maximum atomic E-state index is 11.9. The lowest BCUT2D eigenvalue weighted by molar-refractivity contribution is 0.0949. The Morgan fingerprint density at radius 2 is 1.88 bits per heavy atom. The van der Waals surface area contributed by atoms with Crippen molar-refractivity contribution in [3.05, 3.63) is 47.5 Å². The molecule has 0 aromatic heterocycles. The van der Waals surface area contributed by atoms with E-state index >= 15 is 0 Å². The van der Waals surface area contributed by atoms with Crippen molar-refractivity contribution in [1.82, 2.24) is 0 Å². The summed E-state index contributed by atoms with van der Waals surface area (Å²) in [6, 6.07) is 11.8. The normalized spacial score (nSPS) is 18.6. The second kappa shape index (κ2) is 4.47. The lowest BCUT2D eigenvalue weighted by Crippen LogP contribution is -2.35. The topological polar surface area (TPSA) is 43.1 Å². The van der Waals surface area contributed by atoms with Gasteiger partial charge in [0.1, 0.15) is 0 Å². The number of carbonyl (C=O) groups is 1. The average molecular weight is 248 g/mol. The van der Waals surface area contributed by atoms with E-state index in [1.807, 2.05) is 24.3 Å². The van der Waals surface area contributed by atoms with Crippen LogP contribution in [-0.2, 0) is 6.42 Å². The summed E-state index contributed by atoms with van der Waals surface area (Å²) in [6.07, 6.45) is 1.67. The summed E-state index contributed by atoms with van der Waals surface area (Å²) in [5, 5.41) is 2.39. The van der Waals surface area contributed by atoms with Crippen molar-refractivity contribution in [2.75, 3.05) is 0 Å². The molecule has 0 saturated carbocycles. The molecule has 1 unspecified atom stereocenters. The highest BCUT2D eigenvalue weighted by atomic mass is 35.5. The van der Waals surface area contributed by atoms with Gasteiger partial charge in [-0.25, -0.2) is 0 Å². The molecular weight excluding hydrogens is 234 g/mol. The smallest absolute Gasteiger partial charge is 0.179 e. The maximum absolute atomic E-state index is 11.9. The molecule has 88 valence electrons. The minimum absolute atomic E-state index is 0. The lowest BCUT2D eigenvalue weighted by atomic mass is 9.84. The zero-order chi connectivity index (χ0) is 11.1. The van der Waals surface area contributed by atoms with Crippen LogP contribution in [0.25, 0.3) is 10.8 Å². The number of halogens is 1. The first-order valence-corrected chi connectivity index (χ1v) is 5.58. The van der Waals surface area contributed by atoms with Crippen molar-refractivity contribution in [3.8, 4) is 0 Å². The monoisotopic (exact) mass is 247 g/mol. The molecule has 0 aliphatic heterocycles. The second-order valence-corrected chi connectivity index (χ2v) is 4.32. The minimum atomic E-state index is -0.311. The predicted octanol–water partition coefficient (Wildman–Crippen LogP) is 2.72. The molecule has 0 amide bonds. The summed E-state index contributed by atoms with van der Waals surface area (Å²) in [7, 11) is 0. The Bertz CT molecular complexity index is 579. The van der Waals surface area contributed by atoms with Crippen LogP contribution >= 0.6 is 12.4 Å². The molecule has 1 aliphatic carbocycles. The molecule has 0 saturated heterocycles. The zero-order valence-electron chi connectivity index (χ0n) is 9.35. The molecule has 1 atom stereocenters. The number of ketones is 1. The number of carbonyl (C=O) groups excluding carboxylic acids is 1. The van der Waals surface area contributed by atoms with Gasteiger partial charge in [-0.3, -0.25) is 4.79 Å². The van der Waals surface area contributed by atoms with Gasteiger partial charge >= 0.3 is 0 Å². The summed E-state index contributed by atoms with van der Waals surface area (Å²) < 4.78 is 0. The van der Waals surface area contributed by atoms with E-state index in [9.17, 15) is 4.79 Å². The van der Waals surface area contributed by atoms with Crippen LogP contribution in [0.3, 0.4) is 0 Å². The fourth-order valence-corrected chi connectivity index (χ4v) is 2.47. The zero-order valence-corrected chi connectivity index (χ0v) is 10.2. The van der Waals surface area contributed by atoms with Crippen molar-refractivity contribution < 1.29 is 4.79 Å². The summed E-state index contributed by atoms with van der Waals surface area (Å²) in [5.41, 5.74) is 7.78. The van der Waals surface area contributed by atoms with Crippen LogP contribution in [0.4, 0.5) is 0 Å². The van der Waals surface area contributed by atoms with E-state index in [1.165, 1.54) is 16.3 Å². The van der Waals surface area contributed by atoms with Crippen LogP contribution < -0.4 is 5.73 Å². The Morgan fingerprint density at radius 1 is 1.12 bits per heavy atom. The minimum Gasteiger partial charge on any atom is -0.321 e. The molecule has 2 nitrogen and oxygen atoms in total. The first-order valence-electron chi connectivity index (χ1n) is 5.58. The van der Waals surface area contributed by atoms with Gasteiger partial charge in [0.05, 0.1) is 6.04 Å². The van der Waals surface area contributed by atoms with Crippen LogP contribution in [0.2, 0.25) is 0 Å². The summed E-state index contributed by atoms with van der Waals surface area (Å²) >= 11 is 0.